The van der Waals surface area contributed by atoms with Gasteiger partial charge in [0.05, 0.1) is 0 Å². The van der Waals surface area contributed by atoms with Gasteiger partial charge in [-0.2, -0.15) is 0 Å². The third-order valence-electron chi connectivity index (χ3n) is 4.52. The molecule has 3 aliphatic rings. The Labute approximate surface area is 155 Å². The zero-order valence-electron chi connectivity index (χ0n) is 14.8. The van der Waals surface area contributed by atoms with Crippen LogP contribution in [-0.4, -0.2) is 36.7 Å². The normalized spacial score (nSPS) is 13.2. The smallest absolute Gasteiger partial charge is 0.331 e. The fourth-order valence-electron chi connectivity index (χ4n) is 3.28. The maximum atomic E-state index is 12.7. The van der Waals surface area contributed by atoms with Crippen molar-refractivity contribution < 1.29 is 9.90 Å². The molecule has 0 aromatic heterocycles. The summed E-state index contributed by atoms with van der Waals surface area (Å²) in [6, 6.07) is 7.32. The second-order valence-electron chi connectivity index (χ2n) is 6.37. The number of anilines is 1. The summed E-state index contributed by atoms with van der Waals surface area (Å²) in [7, 11) is 0. The Hall–Kier alpha value is -3.42. The first kappa shape index (κ1) is 17.0. The van der Waals surface area contributed by atoms with E-state index in [0.717, 1.165) is 29.4 Å². The number of carboxylic acid groups (broad SMARTS) is 1. The molecule has 0 saturated heterocycles. The molecule has 3 aliphatic heterocycles. The second kappa shape index (κ2) is 6.71. The number of benzene rings is 1. The summed E-state index contributed by atoms with van der Waals surface area (Å²) in [5.41, 5.74) is 2.22. The first-order chi connectivity index (χ1) is 13.1. The molecular weight excluding hydrogens is 346 g/mol. The van der Waals surface area contributed by atoms with Gasteiger partial charge in [-0.05, 0) is 18.1 Å². The molecule has 8 heteroatoms. The summed E-state index contributed by atoms with van der Waals surface area (Å²) in [5, 5.41) is 12.0. The highest BCUT2D eigenvalue weighted by atomic mass is 16.4. The van der Waals surface area contributed by atoms with Crippen molar-refractivity contribution in [3.63, 3.8) is 0 Å². The minimum atomic E-state index is -0.988. The Morgan fingerprint density at radius 1 is 1.30 bits per heavy atom. The number of aromatic nitrogens is 4. The van der Waals surface area contributed by atoms with Crippen molar-refractivity contribution in [2.24, 2.45) is 0 Å². The minimum Gasteiger partial charge on any atom is -0.478 e. The Balaban J connectivity index is 1.80. The predicted molar refractivity (Wildman–Crippen MR) is 102 cm³/mol. The molecule has 0 fully saturated rings. The molecule has 0 unspecified atom stereocenters. The van der Waals surface area contributed by atoms with Crippen LogP contribution in [0.4, 0.5) is 5.82 Å². The van der Waals surface area contributed by atoms with Crippen LogP contribution in [-0.2, 0) is 17.9 Å². The number of carboxylic acids is 1. The molecule has 0 spiro atoms. The molecule has 0 bridgehead atoms. The van der Waals surface area contributed by atoms with Crippen molar-refractivity contribution in [2.75, 3.05) is 11.9 Å². The molecule has 0 atom stereocenters. The van der Waals surface area contributed by atoms with E-state index in [9.17, 15) is 9.59 Å². The molecule has 1 aromatic carbocycles. The highest BCUT2D eigenvalue weighted by molar-refractivity contribution is 5.85. The van der Waals surface area contributed by atoms with Gasteiger partial charge >= 0.3 is 11.7 Å². The lowest BCUT2D eigenvalue weighted by atomic mass is 10.1. The van der Waals surface area contributed by atoms with Gasteiger partial charge in [0.1, 0.15) is 11.5 Å². The molecule has 1 aromatic rings. The number of hydrogen-bond acceptors (Lipinski definition) is 5. The lowest BCUT2D eigenvalue weighted by Crippen LogP contribution is -2.31. The molecule has 8 nitrogen and oxygen atoms in total. The molecule has 138 valence electrons. The van der Waals surface area contributed by atoms with Crippen molar-refractivity contribution in [3.05, 3.63) is 46.4 Å². The lowest BCUT2D eigenvalue weighted by molar-refractivity contribution is -0.131. The first-order valence-electron chi connectivity index (χ1n) is 8.85. The van der Waals surface area contributed by atoms with E-state index in [2.05, 4.69) is 15.3 Å². The summed E-state index contributed by atoms with van der Waals surface area (Å²) in [4.78, 5) is 32.7. The topological polar surface area (TPSA) is 102 Å². The van der Waals surface area contributed by atoms with Gasteiger partial charge in [0.25, 0.3) is 0 Å². The number of nitrogens with one attached hydrogen (secondary N) is 1. The molecule has 27 heavy (non-hydrogen) atoms. The zero-order valence-corrected chi connectivity index (χ0v) is 14.8. The highest BCUT2D eigenvalue weighted by Crippen LogP contribution is 2.31. The average molecular weight is 365 g/mol. The summed E-state index contributed by atoms with van der Waals surface area (Å²) in [5.74, 6) is 0.873. The van der Waals surface area contributed by atoms with Crippen LogP contribution in [0.2, 0.25) is 0 Å². The standard InChI is InChI=1S/C19H19N5O3/c1-2-10-23-18-15(17-20-9-11-24(17)19(23)27)21-16(22-18)13-6-3-12(4-7-13)5-8-14(25)26/h3-8,20H,2,9-11H2,1H3,(H,25,26)/b8-5+. The van der Waals surface area contributed by atoms with Crippen LogP contribution in [0.5, 0.6) is 0 Å². The van der Waals surface area contributed by atoms with Crippen LogP contribution >= 0.6 is 0 Å². The lowest BCUT2D eigenvalue weighted by Gasteiger charge is -2.13. The SMILES string of the molecule is CCCn1c2nc(-c3ccc(/C=C/C(=O)O)cc3)nc-2c2n(c1=O)CCN2. The average Bonchev–Trinajstić information content (AvgIpc) is 3.31. The van der Waals surface area contributed by atoms with Crippen molar-refractivity contribution in [1.82, 2.24) is 19.1 Å². The quantitative estimate of drug-likeness (QED) is 0.672. The van der Waals surface area contributed by atoms with E-state index in [-0.39, 0.29) is 5.69 Å². The highest BCUT2D eigenvalue weighted by Gasteiger charge is 2.27. The van der Waals surface area contributed by atoms with Crippen LogP contribution in [0.15, 0.2) is 35.1 Å². The van der Waals surface area contributed by atoms with E-state index in [1.165, 1.54) is 6.08 Å². The number of imidazole rings is 1. The zero-order chi connectivity index (χ0) is 19.0. The van der Waals surface area contributed by atoms with E-state index in [0.29, 0.717) is 37.0 Å². The maximum Gasteiger partial charge on any atom is 0.331 e. The minimum absolute atomic E-state index is 0.0649. The van der Waals surface area contributed by atoms with Gasteiger partial charge in [-0.1, -0.05) is 31.2 Å². The van der Waals surface area contributed by atoms with E-state index < -0.39 is 5.97 Å². The van der Waals surface area contributed by atoms with Gasteiger partial charge in [0.2, 0.25) is 0 Å². The van der Waals surface area contributed by atoms with Gasteiger partial charge in [-0.15, -0.1) is 0 Å². The molecule has 0 saturated carbocycles. The van der Waals surface area contributed by atoms with Gasteiger partial charge < -0.3 is 10.4 Å². The van der Waals surface area contributed by atoms with E-state index in [1.54, 1.807) is 9.13 Å². The summed E-state index contributed by atoms with van der Waals surface area (Å²) < 4.78 is 3.41. The Morgan fingerprint density at radius 3 is 2.78 bits per heavy atom. The van der Waals surface area contributed by atoms with Gasteiger partial charge in [0, 0.05) is 31.3 Å². The number of fused-ring (bicyclic) bond motifs is 3. The monoisotopic (exact) mass is 365 g/mol. The molecular formula is C19H19N5O3. The fourth-order valence-corrected chi connectivity index (χ4v) is 3.28. The Bertz CT molecular complexity index is 1060. The Morgan fingerprint density at radius 2 is 2.07 bits per heavy atom. The maximum absolute atomic E-state index is 12.7. The fraction of sp³-hybridized carbons (Fsp3) is 0.263. The summed E-state index contributed by atoms with van der Waals surface area (Å²) in [6.07, 6.45) is 3.45. The van der Waals surface area contributed by atoms with Gasteiger partial charge in [-0.25, -0.2) is 19.6 Å². The van der Waals surface area contributed by atoms with Crippen molar-refractivity contribution >= 4 is 17.9 Å². The third kappa shape index (κ3) is 2.99. The van der Waals surface area contributed by atoms with E-state index in [4.69, 9.17) is 5.11 Å². The van der Waals surface area contributed by atoms with Crippen LogP contribution in [0, 0.1) is 0 Å². The second-order valence-corrected chi connectivity index (χ2v) is 6.37. The number of aliphatic carboxylic acids is 1. The molecule has 0 aliphatic carbocycles. The first-order valence-corrected chi connectivity index (χ1v) is 8.85. The molecule has 2 N–H and O–H groups in total. The predicted octanol–water partition coefficient (Wildman–Crippen LogP) is 2.14. The van der Waals surface area contributed by atoms with Crippen molar-refractivity contribution in [3.8, 4) is 22.9 Å². The third-order valence-corrected chi connectivity index (χ3v) is 4.52. The molecule has 4 rings (SSSR count). The van der Waals surface area contributed by atoms with E-state index >= 15 is 0 Å². The molecule has 3 heterocycles. The number of rotatable bonds is 5. The van der Waals surface area contributed by atoms with Crippen LogP contribution in [0.1, 0.15) is 18.9 Å². The van der Waals surface area contributed by atoms with Crippen molar-refractivity contribution in [1.29, 1.82) is 0 Å². The van der Waals surface area contributed by atoms with Gasteiger partial charge in [0.15, 0.2) is 11.6 Å². The van der Waals surface area contributed by atoms with Crippen LogP contribution in [0.3, 0.4) is 0 Å². The van der Waals surface area contributed by atoms with Crippen molar-refractivity contribution in [2.45, 2.75) is 26.4 Å². The number of nitrogens with zero attached hydrogens (tertiary/aromatic N) is 4. The number of carbonyl (C=O) groups is 1. The van der Waals surface area contributed by atoms with Crippen LogP contribution in [0.25, 0.3) is 29.0 Å². The van der Waals surface area contributed by atoms with Gasteiger partial charge in [-0.3, -0.25) is 9.13 Å². The van der Waals surface area contributed by atoms with Crippen LogP contribution < -0.4 is 11.0 Å². The Kier molecular flexibility index (Phi) is 4.23. The molecule has 0 radical (unpaired) electrons. The molecule has 0 amide bonds. The van der Waals surface area contributed by atoms with E-state index in [1.807, 2.05) is 31.2 Å². The summed E-state index contributed by atoms with van der Waals surface area (Å²) >= 11 is 0. The summed E-state index contributed by atoms with van der Waals surface area (Å²) in [6.45, 7) is 3.94. The number of hydrogen-bond donors (Lipinski definition) is 2. The largest absolute Gasteiger partial charge is 0.478 e.